The summed E-state index contributed by atoms with van der Waals surface area (Å²) in [7, 11) is 0. The summed E-state index contributed by atoms with van der Waals surface area (Å²) in [5.74, 6) is 0. The van der Waals surface area contributed by atoms with Crippen molar-refractivity contribution in [3.63, 3.8) is 0 Å². The fourth-order valence-electron chi connectivity index (χ4n) is 12.5. The van der Waals surface area contributed by atoms with Crippen LogP contribution in [0.25, 0.3) is 98.9 Å². The van der Waals surface area contributed by atoms with Gasteiger partial charge in [0.2, 0.25) is 0 Å². The van der Waals surface area contributed by atoms with Gasteiger partial charge in [0.1, 0.15) is 44.7 Å². The van der Waals surface area contributed by atoms with Gasteiger partial charge in [-0.25, -0.2) is 0 Å². The first-order chi connectivity index (χ1) is 37.2. The Bertz CT molecular complexity index is 4440. The lowest BCUT2D eigenvalue weighted by molar-refractivity contribution is 0.590. The molecule has 0 amide bonds. The molecular weight excluding hydrogens is 945 g/mol. The van der Waals surface area contributed by atoms with Gasteiger partial charge < -0.3 is 27.5 Å². The molecule has 15 rings (SSSR count). The lowest BCUT2D eigenvalue weighted by atomic mass is 9.81. The number of rotatable bonds is 6. The van der Waals surface area contributed by atoms with Gasteiger partial charge in [-0.1, -0.05) is 152 Å². The van der Waals surface area contributed by atoms with Gasteiger partial charge in [0, 0.05) is 83.7 Å². The molecule has 0 unspecified atom stereocenters. The molecule has 0 fully saturated rings. The second kappa shape index (κ2) is 16.0. The first-order valence-corrected chi connectivity index (χ1v) is 26.8. The largest absolute Gasteiger partial charge is 0.456 e. The molecule has 6 heteroatoms. The number of para-hydroxylation sites is 4. The number of hydrogen-bond acceptors (Lipinski definition) is 6. The van der Waals surface area contributed by atoms with E-state index in [0.717, 1.165) is 144 Å². The Morgan fingerprint density at radius 2 is 0.649 bits per heavy atom. The van der Waals surface area contributed by atoms with Crippen molar-refractivity contribution in [2.75, 3.05) is 9.80 Å². The average molecular weight is 1000 g/mol. The zero-order chi connectivity index (χ0) is 52.3. The smallest absolute Gasteiger partial charge is 0.145 e. The highest BCUT2D eigenvalue weighted by Gasteiger charge is 2.43. The summed E-state index contributed by atoms with van der Waals surface area (Å²) in [6.45, 7) is 18.3. The Labute approximate surface area is 446 Å². The lowest BCUT2D eigenvalue weighted by Gasteiger charge is -2.30. The van der Waals surface area contributed by atoms with Gasteiger partial charge in [-0.05, 0) is 118 Å². The third kappa shape index (κ3) is 6.74. The molecule has 0 saturated carbocycles. The van der Waals surface area contributed by atoms with Crippen LogP contribution in [0.15, 0.2) is 212 Å². The minimum absolute atomic E-state index is 0.0274. The minimum Gasteiger partial charge on any atom is -0.456 e. The van der Waals surface area contributed by atoms with Crippen LogP contribution in [0.5, 0.6) is 0 Å². The van der Waals surface area contributed by atoms with Gasteiger partial charge in [0.05, 0.1) is 22.1 Å². The van der Waals surface area contributed by atoms with Crippen molar-refractivity contribution in [3.8, 4) is 11.1 Å². The SMILES string of the molecule is CC(C)(C)c1ccc(N(c2ccc3c(c2)oc2ccccc23)c2cc3c(c4oc5ccccc5c24)-c2c(cc(N(c4ccc(C(C)(C)C)cc4)c4ccc5c(c4)oc4ccccc45)c4c2oc2ccccc24)C3(C)C)cc1. The van der Waals surface area contributed by atoms with Gasteiger partial charge in [0.15, 0.2) is 0 Å². The van der Waals surface area contributed by atoms with Crippen LogP contribution in [0, 0.1) is 0 Å². The summed E-state index contributed by atoms with van der Waals surface area (Å²) >= 11 is 0. The molecule has 4 aromatic heterocycles. The zero-order valence-electron chi connectivity index (χ0n) is 44.5. The molecule has 0 radical (unpaired) electrons. The monoisotopic (exact) mass is 1000 g/mol. The number of hydrogen-bond donors (Lipinski definition) is 0. The van der Waals surface area contributed by atoms with E-state index in [9.17, 15) is 0 Å². The maximum Gasteiger partial charge on any atom is 0.145 e. The summed E-state index contributed by atoms with van der Waals surface area (Å²) in [6.07, 6.45) is 0. The summed E-state index contributed by atoms with van der Waals surface area (Å²) in [5.41, 5.74) is 19.1. The average Bonchev–Trinajstić information content (AvgIpc) is 4.37. The molecule has 1 aliphatic carbocycles. The second-order valence-electron chi connectivity index (χ2n) is 23.7. The molecular formula is C71H56N2O4. The molecule has 0 bridgehead atoms. The quantitative estimate of drug-likeness (QED) is 0.165. The molecule has 0 aliphatic heterocycles. The molecule has 0 atom stereocenters. The lowest BCUT2D eigenvalue weighted by Crippen LogP contribution is -2.18. The normalized spacial score (nSPS) is 13.6. The molecule has 0 saturated heterocycles. The number of fused-ring (bicyclic) bond motifs is 17. The Hall–Kier alpha value is -9.00. The van der Waals surface area contributed by atoms with Crippen LogP contribution >= 0.6 is 0 Å². The Balaban J connectivity index is 1.02. The zero-order valence-corrected chi connectivity index (χ0v) is 44.5. The summed E-state index contributed by atoms with van der Waals surface area (Å²) < 4.78 is 27.9. The van der Waals surface area contributed by atoms with E-state index in [4.69, 9.17) is 17.7 Å². The predicted octanol–water partition coefficient (Wildman–Crippen LogP) is 21.1. The van der Waals surface area contributed by atoms with Crippen LogP contribution in [0.3, 0.4) is 0 Å². The van der Waals surface area contributed by atoms with Crippen LogP contribution < -0.4 is 9.80 Å². The molecule has 4 heterocycles. The molecule has 6 nitrogen and oxygen atoms in total. The Morgan fingerprint density at radius 3 is 1.03 bits per heavy atom. The maximum atomic E-state index is 7.32. The second-order valence-corrected chi connectivity index (χ2v) is 23.7. The number of furan rings is 4. The minimum atomic E-state index is -0.552. The predicted molar refractivity (Wildman–Crippen MR) is 320 cm³/mol. The van der Waals surface area contributed by atoms with Crippen molar-refractivity contribution in [2.45, 2.75) is 71.6 Å². The fourth-order valence-corrected chi connectivity index (χ4v) is 12.5. The number of nitrogens with zero attached hydrogens (tertiary/aromatic N) is 2. The maximum absolute atomic E-state index is 7.32. The molecule has 77 heavy (non-hydrogen) atoms. The van der Waals surface area contributed by atoms with Gasteiger partial charge in [-0.15, -0.1) is 0 Å². The van der Waals surface area contributed by atoms with E-state index in [0.29, 0.717) is 0 Å². The first kappa shape index (κ1) is 45.4. The van der Waals surface area contributed by atoms with Crippen LogP contribution in [-0.2, 0) is 16.2 Å². The van der Waals surface area contributed by atoms with E-state index >= 15 is 0 Å². The van der Waals surface area contributed by atoms with E-state index in [1.807, 2.05) is 24.3 Å². The van der Waals surface area contributed by atoms with Crippen molar-refractivity contribution in [1.82, 2.24) is 0 Å². The third-order valence-electron chi connectivity index (χ3n) is 16.6. The highest BCUT2D eigenvalue weighted by atomic mass is 16.3. The van der Waals surface area contributed by atoms with Gasteiger partial charge in [0.25, 0.3) is 0 Å². The van der Waals surface area contributed by atoms with Crippen LogP contribution in [0.1, 0.15) is 77.6 Å². The van der Waals surface area contributed by atoms with E-state index < -0.39 is 5.41 Å². The first-order valence-electron chi connectivity index (χ1n) is 26.8. The summed E-state index contributed by atoms with van der Waals surface area (Å²) in [4.78, 5) is 4.81. The fraction of sp³-hybridized carbons (Fsp3) is 0.155. The van der Waals surface area contributed by atoms with Gasteiger partial charge in [-0.2, -0.15) is 0 Å². The molecule has 14 aromatic rings. The van der Waals surface area contributed by atoms with Crippen molar-refractivity contribution in [3.05, 3.63) is 216 Å². The van der Waals surface area contributed by atoms with Crippen molar-refractivity contribution in [1.29, 1.82) is 0 Å². The van der Waals surface area contributed by atoms with E-state index in [2.05, 4.69) is 235 Å². The van der Waals surface area contributed by atoms with E-state index in [-0.39, 0.29) is 10.8 Å². The van der Waals surface area contributed by atoms with Gasteiger partial charge in [-0.3, -0.25) is 0 Å². The highest BCUT2D eigenvalue weighted by molar-refractivity contribution is 6.25. The third-order valence-corrected chi connectivity index (χ3v) is 16.6. The summed E-state index contributed by atoms with van der Waals surface area (Å²) in [6, 6.07) is 69.8. The molecule has 0 N–H and O–H groups in total. The summed E-state index contributed by atoms with van der Waals surface area (Å²) in [5, 5.41) is 8.50. The molecule has 10 aromatic carbocycles. The molecule has 374 valence electrons. The molecule has 1 aliphatic rings. The number of benzene rings is 10. The van der Waals surface area contributed by atoms with Crippen molar-refractivity contribution in [2.24, 2.45) is 0 Å². The van der Waals surface area contributed by atoms with Crippen molar-refractivity contribution >= 4 is 122 Å². The Kier molecular flexibility index (Phi) is 9.44. The standard InChI is InChI=1S/C71H56N2O4/c1-69(2,3)41-25-29-43(30-26-41)72(45-33-35-49-47-17-9-13-21-57(47)74-61(49)37-45)55-39-53-65(67-63(55)51-19-11-15-23-59(51)76-67)66-54(71(53,7)8)40-56(64-52-20-12-16-24-60(52)77-68(64)66)73(44-31-27-42(28-32-44)70(4,5)6)46-34-36-50-48-18-10-14-22-58(48)75-62(50)38-46/h9-40H,1-8H3. The topological polar surface area (TPSA) is 59.0 Å². The van der Waals surface area contributed by atoms with E-state index in [1.165, 1.54) is 11.1 Å². The van der Waals surface area contributed by atoms with Crippen LogP contribution in [0.2, 0.25) is 0 Å². The van der Waals surface area contributed by atoms with Gasteiger partial charge >= 0.3 is 0 Å². The highest BCUT2D eigenvalue weighted by Crippen LogP contribution is 2.61. The van der Waals surface area contributed by atoms with E-state index in [1.54, 1.807) is 0 Å². The molecule has 0 spiro atoms. The van der Waals surface area contributed by atoms with Crippen LogP contribution in [0.4, 0.5) is 34.1 Å². The number of anilines is 6. The van der Waals surface area contributed by atoms with Crippen molar-refractivity contribution < 1.29 is 17.7 Å². The van der Waals surface area contributed by atoms with Crippen LogP contribution in [-0.4, -0.2) is 0 Å². The Morgan fingerprint density at radius 1 is 0.325 bits per heavy atom.